The zero-order valence-corrected chi connectivity index (χ0v) is 13.1. The van der Waals surface area contributed by atoms with Crippen LogP contribution in [0.15, 0.2) is 36.5 Å². The topological polar surface area (TPSA) is 17.8 Å². The first-order valence-electron chi connectivity index (χ1n) is 7.69. The molecule has 2 aromatic rings. The first-order valence-corrected chi connectivity index (χ1v) is 7.69. The van der Waals surface area contributed by atoms with Crippen LogP contribution in [-0.2, 0) is 12.8 Å². The molecule has 0 unspecified atom stereocenters. The fourth-order valence-corrected chi connectivity index (χ4v) is 2.54. The first-order chi connectivity index (χ1) is 9.58. The first kappa shape index (κ1) is 14.8. The van der Waals surface area contributed by atoms with Gasteiger partial charge in [0.2, 0.25) is 0 Å². The Morgan fingerprint density at radius 1 is 1.00 bits per heavy atom. The fourth-order valence-electron chi connectivity index (χ4n) is 2.54. The molecule has 0 aliphatic carbocycles. The van der Waals surface area contributed by atoms with Crippen molar-refractivity contribution in [2.45, 2.75) is 58.9 Å². The number of benzene rings is 1. The molecule has 2 nitrogen and oxygen atoms in total. The number of aryl methyl sites for hydroxylation is 2. The van der Waals surface area contributed by atoms with Crippen molar-refractivity contribution in [3.05, 3.63) is 53.6 Å². The molecule has 0 fully saturated rings. The van der Waals surface area contributed by atoms with Gasteiger partial charge in [-0.05, 0) is 38.7 Å². The third-order valence-corrected chi connectivity index (χ3v) is 3.62. The summed E-state index contributed by atoms with van der Waals surface area (Å²) in [5.41, 5.74) is 2.65. The van der Waals surface area contributed by atoms with Crippen molar-refractivity contribution in [1.29, 1.82) is 0 Å². The molecule has 0 bridgehead atoms. The van der Waals surface area contributed by atoms with Crippen LogP contribution in [-0.4, -0.2) is 9.55 Å². The zero-order valence-electron chi connectivity index (χ0n) is 13.1. The van der Waals surface area contributed by atoms with Gasteiger partial charge >= 0.3 is 0 Å². The predicted octanol–water partition coefficient (Wildman–Crippen LogP) is 4.76. The van der Waals surface area contributed by atoms with Gasteiger partial charge in [0.05, 0.1) is 5.69 Å². The van der Waals surface area contributed by atoms with Gasteiger partial charge in [0.25, 0.3) is 0 Å². The second-order valence-corrected chi connectivity index (χ2v) is 6.09. The Morgan fingerprint density at radius 2 is 1.70 bits per heavy atom. The van der Waals surface area contributed by atoms with Gasteiger partial charge in [-0.25, -0.2) is 4.98 Å². The summed E-state index contributed by atoms with van der Waals surface area (Å²) < 4.78 is 2.32. The molecule has 0 aliphatic rings. The Labute approximate surface area is 122 Å². The van der Waals surface area contributed by atoms with E-state index in [1.807, 2.05) is 0 Å². The van der Waals surface area contributed by atoms with Crippen molar-refractivity contribution >= 4 is 0 Å². The average Bonchev–Trinajstić information content (AvgIpc) is 2.85. The molecular formula is C18H26N2. The van der Waals surface area contributed by atoms with E-state index in [2.05, 4.69) is 68.8 Å². The summed E-state index contributed by atoms with van der Waals surface area (Å²) in [6.07, 6.45) is 5.60. The fraction of sp³-hybridized carbons (Fsp3) is 0.500. The normalized spacial score (nSPS) is 11.5. The lowest BCUT2D eigenvalue weighted by molar-refractivity contribution is 0.550. The SMILES string of the molecule is CC(C)c1nc(CCCc2ccccc2)cn1C(C)C. The van der Waals surface area contributed by atoms with E-state index < -0.39 is 0 Å². The highest BCUT2D eigenvalue weighted by Gasteiger charge is 2.13. The molecule has 1 aromatic heterocycles. The highest BCUT2D eigenvalue weighted by Crippen LogP contribution is 2.20. The number of hydrogen-bond donors (Lipinski definition) is 0. The largest absolute Gasteiger partial charge is 0.332 e. The molecule has 2 heteroatoms. The number of imidazole rings is 1. The summed E-state index contributed by atoms with van der Waals surface area (Å²) in [5.74, 6) is 1.70. The summed E-state index contributed by atoms with van der Waals surface area (Å²) in [4.78, 5) is 4.83. The van der Waals surface area contributed by atoms with Gasteiger partial charge in [-0.15, -0.1) is 0 Å². The van der Waals surface area contributed by atoms with Crippen molar-refractivity contribution in [3.8, 4) is 0 Å². The Kier molecular flexibility index (Phi) is 4.99. The van der Waals surface area contributed by atoms with E-state index in [9.17, 15) is 0 Å². The lowest BCUT2D eigenvalue weighted by Gasteiger charge is -2.13. The Balaban J connectivity index is 1.98. The van der Waals surface area contributed by atoms with Crippen LogP contribution in [0.3, 0.4) is 0 Å². The lowest BCUT2D eigenvalue weighted by atomic mass is 10.1. The van der Waals surface area contributed by atoms with Crippen LogP contribution >= 0.6 is 0 Å². The second kappa shape index (κ2) is 6.74. The highest BCUT2D eigenvalue weighted by atomic mass is 15.1. The van der Waals surface area contributed by atoms with Crippen molar-refractivity contribution < 1.29 is 0 Å². The molecule has 0 amide bonds. The molecule has 0 N–H and O–H groups in total. The molecule has 0 spiro atoms. The molecule has 0 atom stereocenters. The van der Waals surface area contributed by atoms with Crippen LogP contribution in [0.2, 0.25) is 0 Å². The Hall–Kier alpha value is -1.57. The van der Waals surface area contributed by atoms with E-state index in [-0.39, 0.29) is 0 Å². The van der Waals surface area contributed by atoms with Crippen LogP contribution < -0.4 is 0 Å². The molecule has 20 heavy (non-hydrogen) atoms. The molecule has 0 saturated heterocycles. The average molecular weight is 270 g/mol. The minimum atomic E-state index is 0.486. The maximum absolute atomic E-state index is 4.83. The van der Waals surface area contributed by atoms with Crippen LogP contribution in [0.1, 0.15) is 63.2 Å². The lowest BCUT2D eigenvalue weighted by Crippen LogP contribution is -2.06. The van der Waals surface area contributed by atoms with E-state index in [0.717, 1.165) is 19.3 Å². The standard InChI is InChI=1S/C18H26N2/c1-14(2)18-19-17(13-20(18)15(3)4)12-8-11-16-9-6-5-7-10-16/h5-7,9-10,13-15H,8,11-12H2,1-4H3. The van der Waals surface area contributed by atoms with Gasteiger partial charge in [-0.1, -0.05) is 44.2 Å². The summed E-state index contributed by atoms with van der Waals surface area (Å²) in [5, 5.41) is 0. The second-order valence-electron chi connectivity index (χ2n) is 6.09. The number of aromatic nitrogens is 2. The Morgan fingerprint density at radius 3 is 2.25 bits per heavy atom. The molecule has 2 rings (SSSR count). The molecule has 0 aliphatic heterocycles. The van der Waals surface area contributed by atoms with Crippen molar-refractivity contribution in [1.82, 2.24) is 9.55 Å². The summed E-state index contributed by atoms with van der Waals surface area (Å²) in [7, 11) is 0. The van der Waals surface area contributed by atoms with Gasteiger partial charge in [-0.2, -0.15) is 0 Å². The molecular weight excluding hydrogens is 244 g/mol. The molecule has 108 valence electrons. The third-order valence-electron chi connectivity index (χ3n) is 3.62. The monoisotopic (exact) mass is 270 g/mol. The molecule has 0 saturated carbocycles. The molecule has 1 aromatic carbocycles. The van der Waals surface area contributed by atoms with E-state index in [0.29, 0.717) is 12.0 Å². The summed E-state index contributed by atoms with van der Waals surface area (Å²) in [6, 6.07) is 11.2. The van der Waals surface area contributed by atoms with Gasteiger partial charge < -0.3 is 4.57 Å². The predicted molar refractivity (Wildman–Crippen MR) is 85.2 cm³/mol. The van der Waals surface area contributed by atoms with E-state index in [1.54, 1.807) is 0 Å². The zero-order chi connectivity index (χ0) is 14.5. The van der Waals surface area contributed by atoms with Crippen LogP contribution in [0, 0.1) is 0 Å². The van der Waals surface area contributed by atoms with E-state index in [1.165, 1.54) is 17.1 Å². The van der Waals surface area contributed by atoms with Gasteiger partial charge in [-0.3, -0.25) is 0 Å². The summed E-state index contributed by atoms with van der Waals surface area (Å²) >= 11 is 0. The number of nitrogens with zero attached hydrogens (tertiary/aromatic N) is 2. The van der Waals surface area contributed by atoms with Crippen molar-refractivity contribution in [3.63, 3.8) is 0 Å². The van der Waals surface area contributed by atoms with Gasteiger partial charge in [0, 0.05) is 18.2 Å². The highest BCUT2D eigenvalue weighted by molar-refractivity contribution is 5.15. The van der Waals surface area contributed by atoms with Crippen LogP contribution in [0.4, 0.5) is 0 Å². The number of hydrogen-bond acceptors (Lipinski definition) is 1. The van der Waals surface area contributed by atoms with Crippen molar-refractivity contribution in [2.24, 2.45) is 0 Å². The van der Waals surface area contributed by atoms with E-state index in [4.69, 9.17) is 4.98 Å². The maximum Gasteiger partial charge on any atom is 0.111 e. The smallest absolute Gasteiger partial charge is 0.111 e. The molecule has 0 radical (unpaired) electrons. The van der Waals surface area contributed by atoms with Gasteiger partial charge in [0.1, 0.15) is 5.82 Å². The maximum atomic E-state index is 4.83. The Bertz CT molecular complexity index is 498. The number of rotatable bonds is 6. The van der Waals surface area contributed by atoms with Crippen molar-refractivity contribution in [2.75, 3.05) is 0 Å². The van der Waals surface area contributed by atoms with E-state index >= 15 is 0 Å². The molecule has 1 heterocycles. The minimum Gasteiger partial charge on any atom is -0.332 e. The minimum absolute atomic E-state index is 0.486. The quantitative estimate of drug-likeness (QED) is 0.739. The van der Waals surface area contributed by atoms with Gasteiger partial charge in [0.15, 0.2) is 0 Å². The van der Waals surface area contributed by atoms with Crippen LogP contribution in [0.25, 0.3) is 0 Å². The summed E-state index contributed by atoms with van der Waals surface area (Å²) in [6.45, 7) is 8.88. The third kappa shape index (κ3) is 3.72. The van der Waals surface area contributed by atoms with Crippen LogP contribution in [0.5, 0.6) is 0 Å².